The molecular formula is C25H25N3O3. The van der Waals surface area contributed by atoms with Gasteiger partial charge in [-0.25, -0.2) is 0 Å². The molecule has 1 aliphatic heterocycles. The van der Waals surface area contributed by atoms with E-state index in [4.69, 9.17) is 0 Å². The number of H-pyrrole nitrogens is 1. The van der Waals surface area contributed by atoms with E-state index < -0.39 is 11.8 Å². The van der Waals surface area contributed by atoms with Gasteiger partial charge in [0.2, 0.25) is 11.8 Å². The number of benzene rings is 2. The first-order valence-electron chi connectivity index (χ1n) is 10.3. The largest absolute Gasteiger partial charge is 0.351 e. The summed E-state index contributed by atoms with van der Waals surface area (Å²) in [6.45, 7) is 5.68. The average molecular weight is 415 g/mol. The summed E-state index contributed by atoms with van der Waals surface area (Å²) in [6, 6.07) is 18.8. The number of carbonyl (C=O) groups is 2. The molecule has 31 heavy (non-hydrogen) atoms. The van der Waals surface area contributed by atoms with E-state index in [0.29, 0.717) is 11.1 Å². The summed E-state index contributed by atoms with van der Waals surface area (Å²) in [5.41, 5.74) is 4.26. The number of aromatic nitrogens is 1. The molecule has 0 fully saturated rings. The minimum absolute atomic E-state index is 0.0699. The molecule has 2 amide bonds. The van der Waals surface area contributed by atoms with E-state index >= 15 is 0 Å². The Morgan fingerprint density at radius 2 is 1.74 bits per heavy atom. The van der Waals surface area contributed by atoms with Gasteiger partial charge in [0.25, 0.3) is 5.56 Å². The summed E-state index contributed by atoms with van der Waals surface area (Å²) in [5, 5.41) is 2.81. The minimum atomic E-state index is -0.938. The average Bonchev–Trinajstić information content (AvgIpc) is 3.04. The monoisotopic (exact) mass is 415 g/mol. The molecule has 6 heteroatoms. The molecule has 158 valence electrons. The molecule has 2 unspecified atom stereocenters. The fraction of sp³-hybridized carbons (Fsp3) is 0.240. The Morgan fingerprint density at radius 1 is 1.06 bits per heavy atom. The van der Waals surface area contributed by atoms with Crippen LogP contribution in [0.15, 0.2) is 65.5 Å². The van der Waals surface area contributed by atoms with Crippen molar-refractivity contribution in [3.63, 3.8) is 0 Å². The van der Waals surface area contributed by atoms with Crippen LogP contribution < -0.4 is 15.8 Å². The van der Waals surface area contributed by atoms with Crippen molar-refractivity contribution in [3.8, 4) is 0 Å². The zero-order valence-corrected chi connectivity index (χ0v) is 17.8. The van der Waals surface area contributed by atoms with Crippen LogP contribution >= 0.6 is 0 Å². The summed E-state index contributed by atoms with van der Waals surface area (Å²) in [6.07, 6.45) is 0. The molecule has 0 bridgehead atoms. The van der Waals surface area contributed by atoms with Gasteiger partial charge in [0, 0.05) is 23.5 Å². The number of amides is 2. The number of hydrogen-bond acceptors (Lipinski definition) is 3. The van der Waals surface area contributed by atoms with Crippen LogP contribution in [0.25, 0.3) is 0 Å². The molecule has 2 N–H and O–H groups in total. The molecule has 0 spiro atoms. The quantitative estimate of drug-likeness (QED) is 0.626. The summed E-state index contributed by atoms with van der Waals surface area (Å²) in [7, 11) is 0. The van der Waals surface area contributed by atoms with Gasteiger partial charge in [-0.1, -0.05) is 48.5 Å². The fourth-order valence-electron chi connectivity index (χ4n) is 4.25. The number of para-hydroxylation sites is 1. The van der Waals surface area contributed by atoms with Gasteiger partial charge in [-0.05, 0) is 49.6 Å². The number of anilines is 1. The highest BCUT2D eigenvalue weighted by Crippen LogP contribution is 2.42. The number of rotatable bonds is 5. The predicted molar refractivity (Wildman–Crippen MR) is 120 cm³/mol. The lowest BCUT2D eigenvalue weighted by Gasteiger charge is -2.26. The van der Waals surface area contributed by atoms with Gasteiger partial charge in [-0.3, -0.25) is 14.4 Å². The second-order valence-electron chi connectivity index (χ2n) is 7.95. The number of carbonyl (C=O) groups excluding carboxylic acids is 2. The van der Waals surface area contributed by atoms with E-state index in [0.717, 1.165) is 22.5 Å². The first-order valence-corrected chi connectivity index (χ1v) is 10.3. The maximum absolute atomic E-state index is 13.4. The van der Waals surface area contributed by atoms with E-state index in [2.05, 4.69) is 10.3 Å². The molecule has 0 saturated carbocycles. The summed E-state index contributed by atoms with van der Waals surface area (Å²) >= 11 is 0. The van der Waals surface area contributed by atoms with Gasteiger partial charge in [0.15, 0.2) is 0 Å². The van der Waals surface area contributed by atoms with Crippen LogP contribution in [-0.4, -0.2) is 16.8 Å². The molecule has 6 nitrogen and oxygen atoms in total. The molecule has 2 atom stereocenters. The molecule has 2 aromatic carbocycles. The van der Waals surface area contributed by atoms with Crippen LogP contribution in [0.2, 0.25) is 0 Å². The topological polar surface area (TPSA) is 82.3 Å². The van der Waals surface area contributed by atoms with E-state index in [1.54, 1.807) is 4.90 Å². The van der Waals surface area contributed by atoms with Crippen LogP contribution in [0, 0.1) is 13.8 Å². The lowest BCUT2D eigenvalue weighted by molar-refractivity contribution is -0.129. The van der Waals surface area contributed by atoms with Gasteiger partial charge >= 0.3 is 0 Å². The van der Waals surface area contributed by atoms with Gasteiger partial charge in [0.05, 0.1) is 6.04 Å². The van der Waals surface area contributed by atoms with Gasteiger partial charge in [-0.2, -0.15) is 0 Å². The molecule has 0 radical (unpaired) electrons. The van der Waals surface area contributed by atoms with E-state index in [1.165, 1.54) is 0 Å². The number of nitrogens with zero attached hydrogens (tertiary/aromatic N) is 1. The molecule has 0 saturated heterocycles. The van der Waals surface area contributed by atoms with E-state index in [9.17, 15) is 14.4 Å². The van der Waals surface area contributed by atoms with Crippen LogP contribution in [0.3, 0.4) is 0 Å². The second-order valence-corrected chi connectivity index (χ2v) is 7.95. The van der Waals surface area contributed by atoms with Gasteiger partial charge in [-0.15, -0.1) is 0 Å². The molecule has 1 aliphatic rings. The van der Waals surface area contributed by atoms with Crippen LogP contribution in [0.1, 0.15) is 46.8 Å². The van der Waals surface area contributed by atoms with Crippen molar-refractivity contribution in [3.05, 3.63) is 99.0 Å². The maximum Gasteiger partial charge on any atom is 0.253 e. The third-order valence-electron chi connectivity index (χ3n) is 5.86. The SMILES string of the molecule is Cc1cc(C)c(CNC(=O)C2C(=O)N(C(C)c3ccccc3)c3ccccc32)c(=O)[nH]1. The van der Waals surface area contributed by atoms with Gasteiger partial charge in [0.1, 0.15) is 5.92 Å². The number of fused-ring (bicyclic) bond motifs is 1. The highest BCUT2D eigenvalue weighted by atomic mass is 16.2. The Hall–Kier alpha value is -3.67. The molecular weight excluding hydrogens is 390 g/mol. The van der Waals surface area contributed by atoms with Crippen molar-refractivity contribution in [2.75, 3.05) is 4.90 Å². The Kier molecular flexibility index (Phi) is 5.46. The third-order valence-corrected chi connectivity index (χ3v) is 5.86. The molecule has 1 aromatic heterocycles. The highest BCUT2D eigenvalue weighted by molar-refractivity contribution is 6.17. The Morgan fingerprint density at radius 3 is 2.45 bits per heavy atom. The fourth-order valence-corrected chi connectivity index (χ4v) is 4.25. The van der Waals surface area contributed by atoms with Crippen LogP contribution in [-0.2, 0) is 16.1 Å². The standard InChI is InChI=1S/C25H25N3O3/c1-15-13-16(2)27-23(29)20(15)14-26-24(30)22-19-11-7-8-12-21(19)28(25(22)31)17(3)18-9-5-4-6-10-18/h4-13,17,22H,14H2,1-3H3,(H,26,30)(H,27,29). The Labute approximate surface area is 180 Å². The highest BCUT2D eigenvalue weighted by Gasteiger charge is 2.43. The normalized spacial score (nSPS) is 16.2. The molecule has 2 heterocycles. The van der Waals surface area contributed by atoms with Crippen molar-refractivity contribution in [2.24, 2.45) is 0 Å². The molecule has 0 aliphatic carbocycles. The number of pyridine rings is 1. The third kappa shape index (κ3) is 3.77. The predicted octanol–water partition coefficient (Wildman–Crippen LogP) is 3.50. The summed E-state index contributed by atoms with van der Waals surface area (Å²) in [4.78, 5) is 43.2. The smallest absolute Gasteiger partial charge is 0.253 e. The summed E-state index contributed by atoms with van der Waals surface area (Å²) < 4.78 is 0. The van der Waals surface area contributed by atoms with Crippen molar-refractivity contribution < 1.29 is 9.59 Å². The van der Waals surface area contributed by atoms with Crippen LogP contribution in [0.5, 0.6) is 0 Å². The Balaban J connectivity index is 1.61. The van der Waals surface area contributed by atoms with E-state index in [1.807, 2.05) is 81.4 Å². The number of nitrogens with one attached hydrogen (secondary N) is 2. The minimum Gasteiger partial charge on any atom is -0.351 e. The lowest BCUT2D eigenvalue weighted by Crippen LogP contribution is -2.38. The van der Waals surface area contributed by atoms with Crippen molar-refractivity contribution in [1.29, 1.82) is 0 Å². The van der Waals surface area contributed by atoms with Crippen molar-refractivity contribution in [2.45, 2.75) is 39.3 Å². The van der Waals surface area contributed by atoms with E-state index in [-0.39, 0.29) is 24.1 Å². The van der Waals surface area contributed by atoms with Crippen LogP contribution in [0.4, 0.5) is 5.69 Å². The zero-order valence-electron chi connectivity index (χ0n) is 17.8. The summed E-state index contributed by atoms with van der Waals surface area (Å²) in [5.74, 6) is -1.60. The second kappa shape index (κ2) is 8.22. The number of hydrogen-bond donors (Lipinski definition) is 2. The lowest BCUT2D eigenvalue weighted by atomic mass is 9.99. The first-order chi connectivity index (χ1) is 14.9. The number of aromatic amines is 1. The Bertz CT molecular complexity index is 1200. The molecule has 3 aromatic rings. The zero-order chi connectivity index (χ0) is 22.1. The maximum atomic E-state index is 13.4. The number of aryl methyl sites for hydroxylation is 2. The van der Waals surface area contributed by atoms with Crippen molar-refractivity contribution >= 4 is 17.5 Å². The first kappa shape index (κ1) is 20.6. The van der Waals surface area contributed by atoms with Gasteiger partial charge < -0.3 is 15.2 Å². The molecule has 4 rings (SSSR count). The van der Waals surface area contributed by atoms with Crippen molar-refractivity contribution in [1.82, 2.24) is 10.3 Å².